The molecule has 27 heavy (non-hydrogen) atoms. The van der Waals surface area contributed by atoms with Gasteiger partial charge in [0.2, 0.25) is 0 Å². The van der Waals surface area contributed by atoms with Crippen LogP contribution in [0.15, 0.2) is 34.2 Å². The molecule has 0 spiro atoms. The Hall–Kier alpha value is -3.02. The van der Waals surface area contributed by atoms with E-state index in [9.17, 15) is 19.7 Å². The molecule has 12 heteroatoms. The maximum atomic E-state index is 11.7. The number of nitro groups is 1. The molecule has 0 saturated carbocycles. The number of hydrogen-bond acceptors (Lipinski definition) is 7. The topological polar surface area (TPSA) is 183 Å². The number of nitrogens with two attached hydrogens (primary N) is 2. The molecule has 1 aromatic carbocycles. The first-order valence-corrected chi connectivity index (χ1v) is 8.87. The second-order valence-corrected chi connectivity index (χ2v) is 6.39. The quantitative estimate of drug-likeness (QED) is 0.105. The summed E-state index contributed by atoms with van der Waals surface area (Å²) in [5, 5.41) is 21.9. The van der Waals surface area contributed by atoms with Crippen LogP contribution in [0.1, 0.15) is 12.8 Å². The number of aliphatic imine (C=N–C) groups is 1. The lowest BCUT2D eigenvalue weighted by Gasteiger charge is -2.14. The SMILES string of the molecule is NC(N)=NCCCC(NC(=O)OCCSc1ccc([N+](=O)[O-])cc1)C(=O)O. The number of nitrogens with zero attached hydrogens (tertiary/aromatic N) is 2. The Labute approximate surface area is 159 Å². The number of ether oxygens (including phenoxy) is 1. The highest BCUT2D eigenvalue weighted by Crippen LogP contribution is 2.21. The number of guanidine groups is 1. The van der Waals surface area contributed by atoms with Crippen LogP contribution < -0.4 is 16.8 Å². The zero-order chi connectivity index (χ0) is 20.2. The summed E-state index contributed by atoms with van der Waals surface area (Å²) < 4.78 is 4.94. The van der Waals surface area contributed by atoms with Gasteiger partial charge in [0, 0.05) is 29.3 Å². The molecule has 0 fully saturated rings. The molecule has 6 N–H and O–H groups in total. The van der Waals surface area contributed by atoms with Gasteiger partial charge in [-0.15, -0.1) is 11.8 Å². The number of alkyl carbamates (subject to hydrolysis) is 1. The van der Waals surface area contributed by atoms with Gasteiger partial charge in [-0.2, -0.15) is 0 Å². The second kappa shape index (κ2) is 11.6. The number of non-ortho nitro benzene ring substituents is 1. The van der Waals surface area contributed by atoms with E-state index in [4.69, 9.17) is 21.3 Å². The van der Waals surface area contributed by atoms with Gasteiger partial charge in [0.25, 0.3) is 5.69 Å². The maximum absolute atomic E-state index is 11.7. The minimum atomic E-state index is -1.18. The predicted octanol–water partition coefficient (Wildman–Crippen LogP) is 0.920. The van der Waals surface area contributed by atoms with Crippen LogP contribution >= 0.6 is 11.8 Å². The fraction of sp³-hybridized carbons (Fsp3) is 0.400. The van der Waals surface area contributed by atoms with Gasteiger partial charge in [-0.1, -0.05) is 0 Å². The van der Waals surface area contributed by atoms with Crippen molar-refractivity contribution < 1.29 is 24.4 Å². The number of rotatable bonds is 11. The molecule has 1 atom stereocenters. The number of carbonyl (C=O) groups excluding carboxylic acids is 1. The van der Waals surface area contributed by atoms with Crippen LogP contribution in [0.4, 0.5) is 10.5 Å². The molecule has 1 aromatic rings. The molecule has 11 nitrogen and oxygen atoms in total. The van der Waals surface area contributed by atoms with E-state index in [0.29, 0.717) is 12.2 Å². The van der Waals surface area contributed by atoms with Crippen LogP contribution in [-0.4, -0.2) is 53.0 Å². The first-order valence-electron chi connectivity index (χ1n) is 7.88. The van der Waals surface area contributed by atoms with Gasteiger partial charge in [0.1, 0.15) is 12.6 Å². The number of carbonyl (C=O) groups is 2. The van der Waals surface area contributed by atoms with E-state index in [1.165, 1.54) is 23.9 Å². The highest BCUT2D eigenvalue weighted by atomic mass is 32.2. The third kappa shape index (κ3) is 9.30. The molecule has 0 saturated heterocycles. The Morgan fingerprint density at radius 3 is 2.56 bits per heavy atom. The average molecular weight is 399 g/mol. The summed E-state index contributed by atoms with van der Waals surface area (Å²) in [6, 6.07) is 4.86. The van der Waals surface area contributed by atoms with Gasteiger partial charge in [-0.25, -0.2) is 9.59 Å². The Morgan fingerprint density at radius 2 is 2.00 bits per heavy atom. The van der Waals surface area contributed by atoms with E-state index in [1.54, 1.807) is 12.1 Å². The van der Waals surface area contributed by atoms with Crippen molar-refractivity contribution in [1.29, 1.82) is 0 Å². The minimum absolute atomic E-state index is 0.00506. The van der Waals surface area contributed by atoms with E-state index in [0.717, 1.165) is 4.90 Å². The summed E-state index contributed by atoms with van der Waals surface area (Å²) in [6.45, 7) is 0.308. The van der Waals surface area contributed by atoms with E-state index in [2.05, 4.69) is 10.3 Å². The average Bonchev–Trinajstić information content (AvgIpc) is 2.61. The number of carboxylic acid groups (broad SMARTS) is 1. The summed E-state index contributed by atoms with van der Waals surface area (Å²) in [4.78, 5) is 37.4. The van der Waals surface area contributed by atoms with Gasteiger partial charge >= 0.3 is 12.1 Å². The van der Waals surface area contributed by atoms with E-state index >= 15 is 0 Å². The van der Waals surface area contributed by atoms with Gasteiger partial charge in [-0.3, -0.25) is 15.1 Å². The van der Waals surface area contributed by atoms with E-state index < -0.39 is 23.0 Å². The van der Waals surface area contributed by atoms with E-state index in [-0.39, 0.29) is 31.2 Å². The zero-order valence-electron chi connectivity index (χ0n) is 14.4. The van der Waals surface area contributed by atoms with E-state index in [1.807, 2.05) is 0 Å². The lowest BCUT2D eigenvalue weighted by molar-refractivity contribution is -0.384. The molecule has 0 aliphatic heterocycles. The Morgan fingerprint density at radius 1 is 1.33 bits per heavy atom. The van der Waals surface area contributed by atoms with Crippen molar-refractivity contribution in [2.75, 3.05) is 18.9 Å². The van der Waals surface area contributed by atoms with Gasteiger partial charge < -0.3 is 26.6 Å². The summed E-state index contributed by atoms with van der Waals surface area (Å²) in [7, 11) is 0. The molecule has 0 bridgehead atoms. The van der Waals surface area contributed by atoms with Crippen LogP contribution in [0.2, 0.25) is 0 Å². The Kier molecular flexibility index (Phi) is 9.43. The molecule has 0 radical (unpaired) electrons. The van der Waals surface area contributed by atoms with Crippen molar-refractivity contribution in [3.05, 3.63) is 34.4 Å². The number of aliphatic carboxylic acids is 1. The van der Waals surface area contributed by atoms with Crippen molar-refractivity contribution in [3.63, 3.8) is 0 Å². The highest BCUT2D eigenvalue weighted by molar-refractivity contribution is 7.99. The van der Waals surface area contributed by atoms with Crippen LogP contribution in [0.25, 0.3) is 0 Å². The van der Waals surface area contributed by atoms with Crippen LogP contribution in [-0.2, 0) is 9.53 Å². The molecular formula is C15H21N5O6S. The summed E-state index contributed by atoms with van der Waals surface area (Å²) in [5.74, 6) is -0.857. The lowest BCUT2D eigenvalue weighted by Crippen LogP contribution is -2.41. The van der Waals surface area contributed by atoms with Crippen molar-refractivity contribution in [2.24, 2.45) is 16.5 Å². The molecule has 0 aliphatic rings. The monoisotopic (exact) mass is 399 g/mol. The normalized spacial score (nSPS) is 11.3. The van der Waals surface area contributed by atoms with Crippen LogP contribution in [0.3, 0.4) is 0 Å². The molecule has 1 amide bonds. The number of nitrogens with one attached hydrogen (secondary N) is 1. The standard InChI is InChI=1S/C15H21N5O6S/c16-14(17)18-7-1-2-12(13(21)22)19-15(23)26-8-9-27-11-5-3-10(4-6-11)20(24)25/h3-6,12H,1-2,7-9H2,(H,19,23)(H,21,22)(H4,16,17,18). The molecule has 0 aliphatic carbocycles. The van der Waals surface area contributed by atoms with Gasteiger partial charge in [0.15, 0.2) is 5.96 Å². The number of carboxylic acids is 1. The fourth-order valence-corrected chi connectivity index (χ4v) is 2.63. The number of nitro benzene ring substituents is 1. The van der Waals surface area contributed by atoms with Crippen LogP contribution in [0, 0.1) is 10.1 Å². The molecule has 1 rings (SSSR count). The first kappa shape index (κ1) is 22.0. The number of thioether (sulfide) groups is 1. The zero-order valence-corrected chi connectivity index (χ0v) is 15.2. The van der Waals surface area contributed by atoms with Crippen molar-refractivity contribution in [1.82, 2.24) is 5.32 Å². The highest BCUT2D eigenvalue weighted by Gasteiger charge is 2.20. The predicted molar refractivity (Wildman–Crippen MR) is 99.6 cm³/mol. The fourth-order valence-electron chi connectivity index (χ4n) is 1.90. The lowest BCUT2D eigenvalue weighted by atomic mass is 10.1. The van der Waals surface area contributed by atoms with Crippen molar-refractivity contribution in [3.8, 4) is 0 Å². The molecule has 148 valence electrons. The minimum Gasteiger partial charge on any atom is -0.480 e. The summed E-state index contributed by atoms with van der Waals surface area (Å²) in [6.07, 6.45) is -0.308. The van der Waals surface area contributed by atoms with Gasteiger partial charge in [0.05, 0.1) is 4.92 Å². The number of benzene rings is 1. The summed E-state index contributed by atoms with van der Waals surface area (Å²) in [5.41, 5.74) is 10.3. The molecular weight excluding hydrogens is 378 g/mol. The molecule has 0 heterocycles. The van der Waals surface area contributed by atoms with Crippen LogP contribution in [0.5, 0.6) is 0 Å². The third-order valence-electron chi connectivity index (χ3n) is 3.17. The Balaban J connectivity index is 2.30. The van der Waals surface area contributed by atoms with Crippen molar-refractivity contribution in [2.45, 2.75) is 23.8 Å². The van der Waals surface area contributed by atoms with Crippen molar-refractivity contribution >= 4 is 35.5 Å². The maximum Gasteiger partial charge on any atom is 0.407 e. The first-order chi connectivity index (χ1) is 12.8. The molecule has 0 aromatic heterocycles. The second-order valence-electron chi connectivity index (χ2n) is 5.22. The third-order valence-corrected chi connectivity index (χ3v) is 4.14. The number of hydrogen-bond donors (Lipinski definition) is 4. The number of amides is 1. The largest absolute Gasteiger partial charge is 0.480 e. The van der Waals surface area contributed by atoms with Gasteiger partial charge in [-0.05, 0) is 25.0 Å². The Bertz CT molecular complexity index is 678. The summed E-state index contributed by atoms with van der Waals surface area (Å²) >= 11 is 1.35. The molecule has 1 unspecified atom stereocenters. The smallest absolute Gasteiger partial charge is 0.407 e.